The highest BCUT2D eigenvalue weighted by Crippen LogP contribution is 2.35. The van der Waals surface area contributed by atoms with Crippen LogP contribution in [0.2, 0.25) is 0 Å². The van der Waals surface area contributed by atoms with E-state index in [2.05, 4.69) is 10.3 Å². The average Bonchev–Trinajstić information content (AvgIpc) is 3.14. The van der Waals surface area contributed by atoms with Gasteiger partial charge in [-0.2, -0.15) is 0 Å². The summed E-state index contributed by atoms with van der Waals surface area (Å²) in [6.45, 7) is 4.29. The minimum Gasteiger partial charge on any atom is -0.494 e. The fraction of sp³-hybridized carbons (Fsp3) is 0.292. The van der Waals surface area contributed by atoms with E-state index in [0.29, 0.717) is 12.1 Å². The number of rotatable bonds is 7. The van der Waals surface area contributed by atoms with Crippen molar-refractivity contribution in [3.8, 4) is 11.5 Å². The molecule has 1 N–H and O–H groups in total. The molecule has 160 valence electrons. The summed E-state index contributed by atoms with van der Waals surface area (Å²) in [5.41, 5.74) is 2.77. The van der Waals surface area contributed by atoms with Gasteiger partial charge < -0.3 is 19.5 Å². The van der Waals surface area contributed by atoms with Crippen molar-refractivity contribution in [3.63, 3.8) is 0 Å². The van der Waals surface area contributed by atoms with Crippen LogP contribution in [0.25, 0.3) is 10.9 Å². The van der Waals surface area contributed by atoms with Gasteiger partial charge in [0, 0.05) is 29.5 Å². The number of nitrogens with zero attached hydrogens (tertiary/aromatic N) is 1. The van der Waals surface area contributed by atoms with E-state index in [1.807, 2.05) is 50.2 Å². The van der Waals surface area contributed by atoms with Crippen molar-refractivity contribution in [1.29, 1.82) is 0 Å². The number of carbonyl (C=O) groups excluding carboxylic acids is 2. The highest BCUT2D eigenvalue weighted by Gasteiger charge is 2.22. The number of pyridine rings is 1. The maximum Gasteiger partial charge on any atom is 0.357 e. The number of ether oxygens (including phenoxy) is 3. The van der Waals surface area contributed by atoms with Crippen molar-refractivity contribution < 1.29 is 23.8 Å². The second-order valence-electron chi connectivity index (χ2n) is 7.38. The smallest absolute Gasteiger partial charge is 0.357 e. The van der Waals surface area contributed by atoms with Gasteiger partial charge in [-0.1, -0.05) is 24.3 Å². The standard InChI is InChI=1S/C24H24N2O5/c1-3-29-21-11-17-10-15(2)31-22(17)12-18(21)13-25-23(27)14-30-24(28)20-9-8-16-6-4-5-7-19(16)26-20/h4-9,11-12,15H,3,10,13-14H2,1-2H3,(H,25,27)/t15-/m0/s1. The summed E-state index contributed by atoms with van der Waals surface area (Å²) in [6.07, 6.45) is 0.957. The molecule has 1 aliphatic heterocycles. The zero-order chi connectivity index (χ0) is 21.8. The number of carbonyl (C=O) groups is 2. The molecule has 2 aromatic carbocycles. The third kappa shape index (κ3) is 4.77. The first-order chi connectivity index (χ1) is 15.0. The molecule has 1 aliphatic rings. The highest BCUT2D eigenvalue weighted by molar-refractivity contribution is 5.92. The molecule has 7 heteroatoms. The van der Waals surface area contributed by atoms with Crippen molar-refractivity contribution in [1.82, 2.24) is 10.3 Å². The minimum absolute atomic E-state index is 0.123. The first kappa shape index (κ1) is 20.7. The normalized spacial score (nSPS) is 14.6. The molecule has 0 fully saturated rings. The summed E-state index contributed by atoms with van der Waals surface area (Å²) in [4.78, 5) is 28.8. The lowest BCUT2D eigenvalue weighted by molar-refractivity contribution is -0.124. The van der Waals surface area contributed by atoms with Gasteiger partial charge in [0.15, 0.2) is 6.61 Å². The Kier molecular flexibility index (Phi) is 6.02. The number of nitrogens with one attached hydrogen (secondary N) is 1. The third-order valence-electron chi connectivity index (χ3n) is 5.00. The molecule has 0 radical (unpaired) electrons. The summed E-state index contributed by atoms with van der Waals surface area (Å²) < 4.78 is 16.6. The van der Waals surface area contributed by atoms with Crippen molar-refractivity contribution >= 4 is 22.8 Å². The van der Waals surface area contributed by atoms with Crippen LogP contribution >= 0.6 is 0 Å². The molecule has 1 atom stereocenters. The minimum atomic E-state index is -0.643. The van der Waals surface area contributed by atoms with Crippen LogP contribution in [-0.2, 0) is 22.5 Å². The zero-order valence-electron chi connectivity index (χ0n) is 17.5. The topological polar surface area (TPSA) is 86.8 Å². The summed E-state index contributed by atoms with van der Waals surface area (Å²) >= 11 is 0. The second-order valence-corrected chi connectivity index (χ2v) is 7.38. The van der Waals surface area contributed by atoms with Crippen LogP contribution in [-0.4, -0.2) is 36.2 Å². The van der Waals surface area contributed by atoms with E-state index >= 15 is 0 Å². The Balaban J connectivity index is 1.35. The number of benzene rings is 2. The fourth-order valence-electron chi connectivity index (χ4n) is 3.54. The summed E-state index contributed by atoms with van der Waals surface area (Å²) in [5, 5.41) is 3.69. The maximum atomic E-state index is 12.3. The van der Waals surface area contributed by atoms with Gasteiger partial charge in [0.1, 0.15) is 23.3 Å². The molecule has 0 saturated heterocycles. The van der Waals surface area contributed by atoms with E-state index in [1.165, 1.54) is 0 Å². The molecular formula is C24H24N2O5. The number of amides is 1. The Morgan fingerprint density at radius 3 is 2.87 bits per heavy atom. The Morgan fingerprint density at radius 1 is 1.19 bits per heavy atom. The Hall–Kier alpha value is -3.61. The largest absolute Gasteiger partial charge is 0.494 e. The molecule has 0 bridgehead atoms. The lowest BCUT2D eigenvalue weighted by atomic mass is 10.1. The number of fused-ring (bicyclic) bond motifs is 2. The van der Waals surface area contributed by atoms with Crippen molar-refractivity contribution in [2.45, 2.75) is 32.9 Å². The third-order valence-corrected chi connectivity index (χ3v) is 5.00. The molecule has 1 amide bonds. The Bertz CT molecular complexity index is 1130. The second kappa shape index (κ2) is 9.04. The van der Waals surface area contributed by atoms with Gasteiger partial charge in [0.2, 0.25) is 0 Å². The maximum absolute atomic E-state index is 12.3. The van der Waals surface area contributed by atoms with Gasteiger partial charge in [-0.05, 0) is 38.1 Å². The van der Waals surface area contributed by atoms with Gasteiger partial charge in [-0.3, -0.25) is 4.79 Å². The lowest BCUT2D eigenvalue weighted by Crippen LogP contribution is -2.28. The van der Waals surface area contributed by atoms with Crippen LogP contribution in [0.15, 0.2) is 48.5 Å². The lowest BCUT2D eigenvalue weighted by Gasteiger charge is -2.13. The van der Waals surface area contributed by atoms with Crippen molar-refractivity contribution in [3.05, 3.63) is 65.4 Å². The van der Waals surface area contributed by atoms with Crippen molar-refractivity contribution in [2.75, 3.05) is 13.2 Å². The molecule has 7 nitrogen and oxygen atoms in total. The van der Waals surface area contributed by atoms with Crippen molar-refractivity contribution in [2.24, 2.45) is 0 Å². The van der Waals surface area contributed by atoms with Crippen LogP contribution in [0.3, 0.4) is 0 Å². The van der Waals surface area contributed by atoms with Gasteiger partial charge >= 0.3 is 5.97 Å². The van der Waals surface area contributed by atoms with E-state index < -0.39 is 18.5 Å². The van der Waals surface area contributed by atoms with E-state index in [0.717, 1.165) is 34.4 Å². The monoisotopic (exact) mass is 420 g/mol. The first-order valence-electron chi connectivity index (χ1n) is 10.3. The molecular weight excluding hydrogens is 396 g/mol. The molecule has 4 rings (SSSR count). The van der Waals surface area contributed by atoms with E-state index in [4.69, 9.17) is 14.2 Å². The number of hydrogen-bond donors (Lipinski definition) is 1. The van der Waals surface area contributed by atoms with Gasteiger partial charge in [0.05, 0.1) is 12.1 Å². The zero-order valence-corrected chi connectivity index (χ0v) is 17.5. The quantitative estimate of drug-likeness (QED) is 0.590. The van der Waals surface area contributed by atoms with E-state index in [1.54, 1.807) is 12.1 Å². The van der Waals surface area contributed by atoms with Crippen LogP contribution in [0.5, 0.6) is 11.5 Å². The highest BCUT2D eigenvalue weighted by atomic mass is 16.5. The first-order valence-corrected chi connectivity index (χ1v) is 10.3. The molecule has 0 aliphatic carbocycles. The number of para-hydroxylation sites is 1. The summed E-state index contributed by atoms with van der Waals surface area (Å²) in [5.74, 6) is 0.479. The summed E-state index contributed by atoms with van der Waals surface area (Å²) in [6, 6.07) is 14.7. The SMILES string of the molecule is CCOc1cc2c(cc1CNC(=O)COC(=O)c1ccc3ccccc3n1)O[C@@H](C)C2. The van der Waals surface area contributed by atoms with Gasteiger partial charge in [-0.25, -0.2) is 9.78 Å². The predicted octanol–water partition coefficient (Wildman–Crippen LogP) is 3.43. The van der Waals surface area contributed by atoms with Crippen LogP contribution in [0, 0.1) is 0 Å². The van der Waals surface area contributed by atoms with E-state index in [-0.39, 0.29) is 18.3 Å². The van der Waals surface area contributed by atoms with Crippen LogP contribution < -0.4 is 14.8 Å². The molecule has 0 unspecified atom stereocenters. The fourth-order valence-corrected chi connectivity index (χ4v) is 3.54. The molecule has 1 aromatic heterocycles. The number of hydrogen-bond acceptors (Lipinski definition) is 6. The Morgan fingerprint density at radius 2 is 2.03 bits per heavy atom. The summed E-state index contributed by atoms with van der Waals surface area (Å²) in [7, 11) is 0. The Labute approximate surface area is 180 Å². The van der Waals surface area contributed by atoms with Gasteiger partial charge in [0.25, 0.3) is 5.91 Å². The van der Waals surface area contributed by atoms with Gasteiger partial charge in [-0.15, -0.1) is 0 Å². The van der Waals surface area contributed by atoms with Crippen LogP contribution in [0.4, 0.5) is 0 Å². The number of aromatic nitrogens is 1. The van der Waals surface area contributed by atoms with E-state index in [9.17, 15) is 9.59 Å². The molecule has 0 spiro atoms. The number of esters is 1. The van der Waals surface area contributed by atoms with Crippen LogP contribution in [0.1, 0.15) is 35.5 Å². The average molecular weight is 420 g/mol. The molecule has 0 saturated carbocycles. The molecule has 3 aromatic rings. The molecule has 31 heavy (non-hydrogen) atoms. The molecule has 2 heterocycles. The predicted molar refractivity (Wildman–Crippen MR) is 115 cm³/mol.